The van der Waals surface area contributed by atoms with E-state index in [0.717, 1.165) is 12.1 Å². The first-order chi connectivity index (χ1) is 10.9. The molecule has 2 aromatic rings. The monoisotopic (exact) mass is 335 g/mol. The van der Waals surface area contributed by atoms with Crippen molar-refractivity contribution in [2.75, 3.05) is 6.26 Å². The highest BCUT2D eigenvalue weighted by Crippen LogP contribution is 2.32. The van der Waals surface area contributed by atoms with Crippen molar-refractivity contribution in [3.8, 4) is 17.3 Å². The highest BCUT2D eigenvalue weighted by atomic mass is 32.2. The Morgan fingerprint density at radius 1 is 1.13 bits per heavy atom. The van der Waals surface area contributed by atoms with Gasteiger partial charge in [0, 0.05) is 0 Å². The highest BCUT2D eigenvalue weighted by Gasteiger charge is 2.30. The number of rotatable bonds is 2. The fourth-order valence-corrected chi connectivity index (χ4v) is 2.24. The third-order valence-corrected chi connectivity index (χ3v) is 3.56. The smallest absolute Gasteiger partial charge is 0.271 e. The molecule has 0 aliphatic carbocycles. The van der Waals surface area contributed by atoms with Gasteiger partial charge in [-0.15, -0.1) is 0 Å². The van der Waals surface area contributed by atoms with Gasteiger partial charge in [0.1, 0.15) is 0 Å². The van der Waals surface area contributed by atoms with Gasteiger partial charge in [-0.1, -0.05) is 36.0 Å². The van der Waals surface area contributed by atoms with Crippen molar-refractivity contribution in [2.24, 2.45) is 4.99 Å². The van der Waals surface area contributed by atoms with E-state index < -0.39 is 11.7 Å². The first kappa shape index (κ1) is 16.9. The number of halogens is 3. The molecule has 118 valence electrons. The summed E-state index contributed by atoms with van der Waals surface area (Å²) in [6.45, 7) is 0. The summed E-state index contributed by atoms with van der Waals surface area (Å²) in [5.74, 6) is 0. The normalized spacial score (nSPS) is 11.9. The van der Waals surface area contributed by atoms with Crippen LogP contribution in [0.25, 0.3) is 11.1 Å². The maximum atomic E-state index is 12.7. The molecule has 0 bridgehead atoms. The zero-order valence-corrected chi connectivity index (χ0v) is 12.9. The van der Waals surface area contributed by atoms with E-state index in [4.69, 9.17) is 5.26 Å². The summed E-state index contributed by atoms with van der Waals surface area (Å²) in [5, 5.41) is 11.5. The van der Waals surface area contributed by atoms with Crippen LogP contribution in [0, 0.1) is 11.5 Å². The van der Waals surface area contributed by atoms with E-state index in [1.807, 2.05) is 0 Å². The minimum atomic E-state index is -4.36. The topological polar surface area (TPSA) is 48.2 Å². The van der Waals surface area contributed by atoms with E-state index in [0.29, 0.717) is 22.0 Å². The second-order valence-corrected chi connectivity index (χ2v) is 5.28. The molecule has 0 heterocycles. The van der Waals surface area contributed by atoms with Crippen LogP contribution in [0.2, 0.25) is 0 Å². The van der Waals surface area contributed by atoms with Crippen molar-refractivity contribution in [1.29, 1.82) is 5.26 Å². The summed E-state index contributed by atoms with van der Waals surface area (Å²) in [7, 11) is 0. The van der Waals surface area contributed by atoms with E-state index in [2.05, 4.69) is 10.3 Å². The molecule has 23 heavy (non-hydrogen) atoms. The molecule has 0 saturated carbocycles. The maximum absolute atomic E-state index is 12.7. The van der Waals surface area contributed by atoms with E-state index in [1.54, 1.807) is 42.8 Å². The fraction of sp³-hybridized carbons (Fsp3) is 0.125. The van der Waals surface area contributed by atoms with Gasteiger partial charge in [-0.2, -0.15) is 18.4 Å². The third kappa shape index (κ3) is 4.50. The predicted molar refractivity (Wildman–Crippen MR) is 86.2 cm³/mol. The number of nitrogens with zero attached hydrogens (tertiary/aromatic N) is 2. The largest absolute Gasteiger partial charge is 0.416 e. The van der Waals surface area contributed by atoms with Crippen LogP contribution in [0.1, 0.15) is 5.56 Å². The summed E-state index contributed by atoms with van der Waals surface area (Å²) in [4.78, 5) is 4.22. The highest BCUT2D eigenvalue weighted by molar-refractivity contribution is 8.13. The number of hydrogen-bond acceptors (Lipinski definition) is 3. The van der Waals surface area contributed by atoms with Crippen LogP contribution < -0.4 is 5.32 Å². The van der Waals surface area contributed by atoms with E-state index in [9.17, 15) is 13.2 Å². The summed E-state index contributed by atoms with van der Waals surface area (Å²) < 4.78 is 38.2. The average Bonchev–Trinajstić information content (AvgIpc) is 2.54. The van der Waals surface area contributed by atoms with Gasteiger partial charge in [0.05, 0.1) is 11.3 Å². The van der Waals surface area contributed by atoms with Crippen LogP contribution in [0.3, 0.4) is 0 Å². The van der Waals surface area contributed by atoms with Crippen LogP contribution >= 0.6 is 11.8 Å². The van der Waals surface area contributed by atoms with Crippen molar-refractivity contribution in [3.05, 3.63) is 54.1 Å². The number of alkyl halides is 3. The van der Waals surface area contributed by atoms with Crippen LogP contribution in [0.4, 0.5) is 18.9 Å². The van der Waals surface area contributed by atoms with Crippen molar-refractivity contribution in [1.82, 2.24) is 5.32 Å². The molecular formula is C16H12F3N3S. The molecule has 3 nitrogen and oxygen atoms in total. The van der Waals surface area contributed by atoms with Crippen molar-refractivity contribution in [3.63, 3.8) is 0 Å². The Labute approximate surface area is 135 Å². The van der Waals surface area contributed by atoms with Gasteiger partial charge in [-0.25, -0.2) is 4.99 Å². The summed E-state index contributed by atoms with van der Waals surface area (Å²) in [6, 6.07) is 11.9. The van der Waals surface area contributed by atoms with Gasteiger partial charge in [-0.3, -0.25) is 5.32 Å². The SMILES string of the molecule is CSC(=Nc1ccc(-c2cccc(C(F)(F)F)c2)cc1)NC#N. The Hall–Kier alpha value is -2.46. The Balaban J connectivity index is 2.28. The predicted octanol–water partition coefficient (Wildman–Crippen LogP) is 4.79. The molecule has 1 N–H and O–H groups in total. The Morgan fingerprint density at radius 3 is 2.39 bits per heavy atom. The maximum Gasteiger partial charge on any atom is 0.416 e. The lowest BCUT2D eigenvalue weighted by Gasteiger charge is -2.09. The number of nitrogens with one attached hydrogen (secondary N) is 1. The van der Waals surface area contributed by atoms with E-state index >= 15 is 0 Å². The lowest BCUT2D eigenvalue weighted by atomic mass is 10.0. The summed E-state index contributed by atoms with van der Waals surface area (Å²) in [6.07, 6.45) is -0.798. The molecule has 0 saturated heterocycles. The van der Waals surface area contributed by atoms with Crippen molar-refractivity contribution in [2.45, 2.75) is 6.18 Å². The quantitative estimate of drug-likeness (QED) is 0.371. The first-order valence-corrected chi connectivity index (χ1v) is 7.72. The average molecular weight is 335 g/mol. The van der Waals surface area contributed by atoms with Gasteiger partial charge in [0.25, 0.3) is 0 Å². The summed E-state index contributed by atoms with van der Waals surface area (Å²) >= 11 is 1.29. The first-order valence-electron chi connectivity index (χ1n) is 6.49. The molecule has 0 fully saturated rings. The van der Waals surface area contributed by atoms with Crippen molar-refractivity contribution < 1.29 is 13.2 Å². The standard InChI is InChI=1S/C16H12F3N3S/c1-23-15(21-10-20)22-14-7-5-11(6-8-14)12-3-2-4-13(9-12)16(17,18)19/h2-9H,1H3,(H,21,22). The molecule has 0 amide bonds. The van der Waals surface area contributed by atoms with Gasteiger partial charge >= 0.3 is 6.18 Å². The van der Waals surface area contributed by atoms with E-state index in [1.165, 1.54) is 17.8 Å². The minimum Gasteiger partial charge on any atom is -0.271 e. The number of nitriles is 1. The van der Waals surface area contributed by atoms with Gasteiger partial charge in [0.2, 0.25) is 0 Å². The third-order valence-electron chi connectivity index (χ3n) is 2.98. The molecule has 0 aliphatic rings. The van der Waals surface area contributed by atoms with Crippen LogP contribution in [0.5, 0.6) is 0 Å². The number of hydrogen-bond donors (Lipinski definition) is 1. The lowest BCUT2D eigenvalue weighted by Crippen LogP contribution is -2.12. The van der Waals surface area contributed by atoms with Crippen LogP contribution in [-0.4, -0.2) is 11.4 Å². The Bertz CT molecular complexity index is 746. The number of thioether (sulfide) groups is 1. The van der Waals surface area contributed by atoms with Crippen LogP contribution in [-0.2, 0) is 6.18 Å². The Morgan fingerprint density at radius 2 is 1.83 bits per heavy atom. The molecular weight excluding hydrogens is 323 g/mol. The fourth-order valence-electron chi connectivity index (χ4n) is 1.89. The molecule has 2 rings (SSSR count). The second kappa shape index (κ2) is 7.20. The van der Waals surface area contributed by atoms with Gasteiger partial charge < -0.3 is 0 Å². The Kier molecular flexibility index (Phi) is 5.29. The lowest BCUT2D eigenvalue weighted by molar-refractivity contribution is -0.137. The van der Waals surface area contributed by atoms with Gasteiger partial charge in [0.15, 0.2) is 11.4 Å². The molecule has 0 spiro atoms. The van der Waals surface area contributed by atoms with Gasteiger partial charge in [-0.05, 0) is 41.6 Å². The van der Waals surface area contributed by atoms with Crippen LogP contribution in [0.15, 0.2) is 53.5 Å². The molecule has 0 aliphatic heterocycles. The summed E-state index contributed by atoms with van der Waals surface area (Å²) in [5.41, 5.74) is 1.07. The number of benzene rings is 2. The van der Waals surface area contributed by atoms with Crippen molar-refractivity contribution >= 4 is 22.6 Å². The molecule has 0 radical (unpaired) electrons. The molecule has 7 heteroatoms. The second-order valence-electron chi connectivity index (χ2n) is 4.48. The zero-order chi connectivity index (χ0) is 16.9. The molecule has 0 atom stereocenters. The number of amidine groups is 1. The molecule has 0 unspecified atom stereocenters. The van der Waals surface area contributed by atoms with E-state index in [-0.39, 0.29) is 0 Å². The zero-order valence-electron chi connectivity index (χ0n) is 12.1. The molecule has 2 aromatic carbocycles. The molecule has 0 aromatic heterocycles. The number of aliphatic imine (C=N–C) groups is 1. The minimum absolute atomic E-state index is 0.444.